The van der Waals surface area contributed by atoms with E-state index in [-0.39, 0.29) is 61.3 Å². The summed E-state index contributed by atoms with van der Waals surface area (Å²) in [6, 6.07) is 9.70. The number of carboxylic acids is 2. The number of hydrogen-bond acceptors (Lipinski definition) is 9. The van der Waals surface area contributed by atoms with Crippen LogP contribution in [0, 0.1) is 0 Å². The monoisotopic (exact) mass is 530 g/mol. The molecule has 1 unspecified atom stereocenters. The van der Waals surface area contributed by atoms with Crippen LogP contribution >= 0.6 is 0 Å². The van der Waals surface area contributed by atoms with Gasteiger partial charge in [0.05, 0.1) is 29.0 Å². The van der Waals surface area contributed by atoms with Gasteiger partial charge in [-0.25, -0.2) is 0 Å². The third-order valence-electron chi connectivity index (χ3n) is 6.96. The minimum Gasteiger partial charge on any atom is -0.507 e. The number of aliphatic hydroxyl groups is 1. The molecule has 0 saturated carbocycles. The van der Waals surface area contributed by atoms with E-state index in [1.807, 2.05) is 0 Å². The number of benzene rings is 3. The summed E-state index contributed by atoms with van der Waals surface area (Å²) in [7, 11) is 0. The Morgan fingerprint density at radius 3 is 2.36 bits per heavy atom. The van der Waals surface area contributed by atoms with Crippen molar-refractivity contribution in [1.82, 2.24) is 0 Å². The molecule has 11 nitrogen and oxygen atoms in total. The van der Waals surface area contributed by atoms with Gasteiger partial charge in [-0.3, -0.25) is 19.2 Å². The first-order valence-corrected chi connectivity index (χ1v) is 11.7. The highest BCUT2D eigenvalue weighted by Crippen LogP contribution is 2.54. The third-order valence-corrected chi connectivity index (χ3v) is 6.96. The van der Waals surface area contributed by atoms with Gasteiger partial charge in [-0.1, -0.05) is 24.3 Å². The predicted molar refractivity (Wildman–Crippen MR) is 132 cm³/mol. The van der Waals surface area contributed by atoms with Gasteiger partial charge in [0.2, 0.25) is 5.78 Å². The summed E-state index contributed by atoms with van der Waals surface area (Å²) >= 11 is 0. The number of ether oxygens (including phenoxy) is 1. The second-order valence-electron chi connectivity index (χ2n) is 9.31. The van der Waals surface area contributed by atoms with Crippen LogP contribution in [0.25, 0.3) is 21.7 Å². The van der Waals surface area contributed by atoms with E-state index in [9.17, 15) is 44.7 Å². The first-order chi connectivity index (χ1) is 18.6. The standard InChI is InChI=1S/C28H18O11/c29-14-5-1-3-11-19(14)25(37)28-23(24(11)36)22(16(31)9-18(34)35)21-13-7-10(8-17(32)33)38-26(13)12-4-2-6-15(30)20(12)27(21)39-28/h1-7,16,22,29-31H,8-9H2,(H,32,33)(H,34,35)/t16-,22?/m1/s1. The molecule has 39 heavy (non-hydrogen) atoms. The van der Waals surface area contributed by atoms with Gasteiger partial charge in [0.25, 0.3) is 0 Å². The van der Waals surface area contributed by atoms with Crippen molar-refractivity contribution in [3.63, 3.8) is 0 Å². The number of ketones is 2. The first-order valence-electron chi connectivity index (χ1n) is 11.7. The summed E-state index contributed by atoms with van der Waals surface area (Å²) in [6.45, 7) is 0. The maximum atomic E-state index is 13.8. The summed E-state index contributed by atoms with van der Waals surface area (Å²) in [5, 5.41) is 51.8. The number of carbonyl (C=O) groups excluding carboxylic acids is 2. The Kier molecular flexibility index (Phi) is 5.23. The minimum atomic E-state index is -1.75. The minimum absolute atomic E-state index is 0.0168. The number of furan rings is 1. The Bertz CT molecular complexity index is 1820. The van der Waals surface area contributed by atoms with Gasteiger partial charge in [0, 0.05) is 27.8 Å². The van der Waals surface area contributed by atoms with Gasteiger partial charge < -0.3 is 34.7 Å². The number of hydrogen-bond donors (Lipinski definition) is 5. The first kappa shape index (κ1) is 24.2. The van der Waals surface area contributed by atoms with Crippen LogP contribution in [0.15, 0.2) is 58.2 Å². The van der Waals surface area contributed by atoms with Crippen LogP contribution in [0.5, 0.6) is 17.2 Å². The fourth-order valence-electron chi connectivity index (χ4n) is 5.48. The van der Waals surface area contributed by atoms with Crippen molar-refractivity contribution in [3.05, 3.63) is 76.2 Å². The molecular weight excluding hydrogens is 512 g/mol. The maximum Gasteiger partial charge on any atom is 0.311 e. The van der Waals surface area contributed by atoms with Crippen LogP contribution in [-0.4, -0.2) is 55.1 Å². The molecule has 0 saturated heterocycles. The normalized spacial score (nSPS) is 17.0. The number of phenolic OH excluding ortho intramolecular Hbond substituents is 2. The van der Waals surface area contributed by atoms with E-state index in [2.05, 4.69) is 0 Å². The molecule has 1 aromatic heterocycles. The molecule has 0 fully saturated rings. The summed E-state index contributed by atoms with van der Waals surface area (Å²) in [5.41, 5.74) is -0.619. The van der Waals surface area contributed by atoms with Crippen molar-refractivity contribution in [2.75, 3.05) is 0 Å². The Labute approximate surface area is 217 Å². The number of allylic oxidation sites excluding steroid dienone is 1. The Hall–Kier alpha value is -5.16. The Morgan fingerprint density at radius 1 is 0.923 bits per heavy atom. The van der Waals surface area contributed by atoms with E-state index in [1.54, 1.807) is 6.07 Å². The molecule has 0 bridgehead atoms. The number of aromatic hydroxyl groups is 2. The van der Waals surface area contributed by atoms with Crippen LogP contribution in [0.2, 0.25) is 0 Å². The zero-order valence-electron chi connectivity index (χ0n) is 19.8. The lowest BCUT2D eigenvalue weighted by Crippen LogP contribution is -2.36. The molecule has 2 heterocycles. The number of fused-ring (bicyclic) bond motifs is 7. The van der Waals surface area contributed by atoms with Crippen LogP contribution < -0.4 is 4.74 Å². The van der Waals surface area contributed by atoms with Crippen LogP contribution in [0.1, 0.15) is 44.4 Å². The fraction of sp³-hybridized carbons (Fsp3) is 0.143. The van der Waals surface area contributed by atoms with Crippen molar-refractivity contribution in [2.24, 2.45) is 0 Å². The number of rotatable bonds is 5. The third kappa shape index (κ3) is 3.47. The van der Waals surface area contributed by atoms with E-state index in [4.69, 9.17) is 9.15 Å². The molecule has 4 aromatic rings. The molecule has 3 aromatic carbocycles. The highest BCUT2D eigenvalue weighted by molar-refractivity contribution is 6.29. The number of Topliss-reactive ketones (excluding diaryl/α,β-unsaturated/α-hetero) is 2. The highest BCUT2D eigenvalue weighted by atomic mass is 16.5. The quantitative estimate of drug-likeness (QED) is 0.254. The zero-order chi connectivity index (χ0) is 27.7. The molecule has 196 valence electrons. The van der Waals surface area contributed by atoms with E-state index < -0.39 is 59.9 Å². The van der Waals surface area contributed by atoms with Gasteiger partial charge in [-0.15, -0.1) is 0 Å². The molecule has 6 rings (SSSR count). The van der Waals surface area contributed by atoms with E-state index >= 15 is 0 Å². The average Bonchev–Trinajstić information content (AvgIpc) is 3.28. The summed E-state index contributed by atoms with van der Waals surface area (Å²) in [5.74, 6) is -7.07. The van der Waals surface area contributed by atoms with Crippen molar-refractivity contribution in [2.45, 2.75) is 24.9 Å². The Morgan fingerprint density at radius 2 is 1.64 bits per heavy atom. The fourth-order valence-corrected chi connectivity index (χ4v) is 5.48. The largest absolute Gasteiger partial charge is 0.507 e. The number of phenols is 2. The van der Waals surface area contributed by atoms with Crippen LogP contribution in [-0.2, 0) is 16.0 Å². The smallest absolute Gasteiger partial charge is 0.311 e. The molecule has 5 N–H and O–H groups in total. The molecule has 1 aliphatic carbocycles. The lowest BCUT2D eigenvalue weighted by molar-refractivity contribution is -0.139. The lowest BCUT2D eigenvalue weighted by atomic mass is 9.73. The molecule has 0 amide bonds. The van der Waals surface area contributed by atoms with E-state index in [0.29, 0.717) is 0 Å². The summed E-state index contributed by atoms with van der Waals surface area (Å²) < 4.78 is 11.9. The second kappa shape index (κ2) is 8.43. The van der Waals surface area contributed by atoms with Crippen molar-refractivity contribution < 1.29 is 53.9 Å². The van der Waals surface area contributed by atoms with Gasteiger partial charge in [-0.05, 0) is 18.2 Å². The molecule has 2 aliphatic rings. The maximum absolute atomic E-state index is 13.8. The molecule has 0 spiro atoms. The van der Waals surface area contributed by atoms with Crippen molar-refractivity contribution >= 4 is 45.2 Å². The SMILES string of the molecule is O=C(O)Cc1cc2c3c(c4c(O)cccc4c2o1)OC1=C(C(=O)c2cccc(O)c2C1=O)C3[C@H](O)CC(=O)O. The summed E-state index contributed by atoms with van der Waals surface area (Å²) in [4.78, 5) is 50.4. The molecule has 1 aliphatic heterocycles. The molecule has 11 heteroatoms. The predicted octanol–water partition coefficient (Wildman–Crippen LogP) is 3.27. The number of carbonyl (C=O) groups is 4. The zero-order valence-corrected chi connectivity index (χ0v) is 19.8. The van der Waals surface area contributed by atoms with E-state index in [1.165, 1.54) is 36.4 Å². The van der Waals surface area contributed by atoms with Crippen molar-refractivity contribution in [1.29, 1.82) is 0 Å². The second-order valence-corrected chi connectivity index (χ2v) is 9.31. The van der Waals surface area contributed by atoms with Gasteiger partial charge in [0.1, 0.15) is 35.0 Å². The van der Waals surface area contributed by atoms with Gasteiger partial charge in [0.15, 0.2) is 11.5 Å². The van der Waals surface area contributed by atoms with E-state index in [0.717, 1.165) is 0 Å². The highest BCUT2D eigenvalue weighted by Gasteiger charge is 2.47. The van der Waals surface area contributed by atoms with Gasteiger partial charge >= 0.3 is 11.9 Å². The molecule has 2 atom stereocenters. The van der Waals surface area contributed by atoms with Gasteiger partial charge in [-0.2, -0.15) is 0 Å². The summed E-state index contributed by atoms with van der Waals surface area (Å²) in [6.07, 6.45) is -3.09. The van der Waals surface area contributed by atoms with Crippen LogP contribution in [0.4, 0.5) is 0 Å². The van der Waals surface area contributed by atoms with Crippen molar-refractivity contribution in [3.8, 4) is 17.2 Å². The molecule has 0 radical (unpaired) electrons. The Balaban J connectivity index is 1.73. The number of carboxylic acid groups (broad SMARTS) is 2. The lowest BCUT2D eigenvalue weighted by Gasteiger charge is -2.35. The molecular formula is C28H18O11. The topological polar surface area (TPSA) is 192 Å². The van der Waals surface area contributed by atoms with Crippen LogP contribution in [0.3, 0.4) is 0 Å². The number of aliphatic hydroxyl groups excluding tert-OH is 1. The number of aliphatic carboxylic acids is 2. The average molecular weight is 530 g/mol.